The Morgan fingerprint density at radius 1 is 0.394 bits per heavy atom. The van der Waals surface area contributed by atoms with Gasteiger partial charge in [0.1, 0.15) is 0 Å². The molecule has 33 heavy (non-hydrogen) atoms. The molecule has 0 aromatic carbocycles. The standard InChI is InChI=1S/C9HF19O3S.K/c10-1(11,2(12,13)4(16,17)6(20,21)8(24,25)26)3(14,15)5(18,19)7(22,23)9(27,28)32(29,30)31;/h(H,29,30,31);/q;+1/p-1. The number of hydrogen-bond donors (Lipinski definition) is 0. The van der Waals surface area contributed by atoms with E-state index in [4.69, 9.17) is 0 Å². The quantitative estimate of drug-likeness (QED) is 0.248. The van der Waals surface area contributed by atoms with Crippen LogP contribution in [0, 0.1) is 0 Å². The van der Waals surface area contributed by atoms with Crippen LogP contribution >= 0.6 is 0 Å². The van der Waals surface area contributed by atoms with E-state index in [0.717, 1.165) is 0 Å². The average molecular weight is 588 g/mol. The zero-order chi connectivity index (χ0) is 27.0. The topological polar surface area (TPSA) is 57.2 Å². The minimum atomic E-state index is -9.17. The molecule has 0 aliphatic rings. The fourth-order valence-corrected chi connectivity index (χ4v) is 1.95. The van der Waals surface area contributed by atoms with E-state index >= 15 is 0 Å². The number of rotatable bonds is 8. The maximum Gasteiger partial charge on any atom is 1.00 e. The largest absolute Gasteiger partial charge is 1.00 e. The summed E-state index contributed by atoms with van der Waals surface area (Å²) in [6.45, 7) is 0. The van der Waals surface area contributed by atoms with Gasteiger partial charge in [-0.15, -0.1) is 0 Å². The first-order valence-corrected chi connectivity index (χ1v) is 7.70. The molecule has 0 aromatic heterocycles. The van der Waals surface area contributed by atoms with Crippen molar-refractivity contribution in [1.82, 2.24) is 0 Å². The molecule has 0 atom stereocenters. The van der Waals surface area contributed by atoms with Crippen LogP contribution in [0.25, 0.3) is 0 Å². The van der Waals surface area contributed by atoms with E-state index in [-0.39, 0.29) is 51.4 Å². The summed E-state index contributed by atoms with van der Waals surface area (Å²) in [4.78, 5) is 0. The summed E-state index contributed by atoms with van der Waals surface area (Å²) in [5.74, 6) is -62.3. The van der Waals surface area contributed by atoms with E-state index in [9.17, 15) is 96.4 Å². The molecule has 0 spiro atoms. The predicted molar refractivity (Wildman–Crippen MR) is 55.3 cm³/mol. The van der Waals surface area contributed by atoms with Crippen molar-refractivity contribution >= 4 is 10.1 Å². The summed E-state index contributed by atoms with van der Waals surface area (Å²) in [5.41, 5.74) is 0. The monoisotopic (exact) mass is 588 g/mol. The van der Waals surface area contributed by atoms with Crippen molar-refractivity contribution in [3.05, 3.63) is 0 Å². The zero-order valence-electron chi connectivity index (χ0n) is 14.3. The Hall–Kier alpha value is 0.216. The zero-order valence-corrected chi connectivity index (χ0v) is 18.3. The molecule has 0 saturated carbocycles. The molecule has 0 aromatic rings. The van der Waals surface area contributed by atoms with E-state index < -0.39 is 63.0 Å². The van der Waals surface area contributed by atoms with Gasteiger partial charge in [0.25, 0.3) is 0 Å². The third-order valence-corrected chi connectivity index (χ3v) is 4.29. The van der Waals surface area contributed by atoms with Crippen LogP contribution in [0.3, 0.4) is 0 Å². The summed E-state index contributed by atoms with van der Waals surface area (Å²) in [5, 5.41) is -8.07. The van der Waals surface area contributed by atoms with Crippen LogP contribution in [0.4, 0.5) is 83.4 Å². The Morgan fingerprint density at radius 3 is 0.758 bits per heavy atom. The predicted octanol–water partition coefficient (Wildman–Crippen LogP) is 2.14. The molecule has 24 heteroatoms. The van der Waals surface area contributed by atoms with Gasteiger partial charge in [0.05, 0.1) is 0 Å². The van der Waals surface area contributed by atoms with Crippen LogP contribution in [0.15, 0.2) is 0 Å². The summed E-state index contributed by atoms with van der Waals surface area (Å²) in [6, 6.07) is 0. The maximum absolute atomic E-state index is 13.2. The first-order chi connectivity index (χ1) is 13.2. The molecule has 0 fully saturated rings. The van der Waals surface area contributed by atoms with Crippen LogP contribution in [0.2, 0.25) is 0 Å². The van der Waals surface area contributed by atoms with Gasteiger partial charge in [-0.2, -0.15) is 83.4 Å². The fraction of sp³-hybridized carbons (Fsp3) is 1.00. The van der Waals surface area contributed by atoms with Crippen molar-refractivity contribution in [2.75, 3.05) is 0 Å². The summed E-state index contributed by atoms with van der Waals surface area (Å²) >= 11 is 0. The molecule has 0 saturated heterocycles. The average Bonchev–Trinajstić information content (AvgIpc) is 2.51. The van der Waals surface area contributed by atoms with Gasteiger partial charge in [0.2, 0.25) is 0 Å². The third kappa shape index (κ3) is 4.46. The summed E-state index contributed by atoms with van der Waals surface area (Å²) in [7, 11) is -8.25. The molecular formula is C9F19KO3S. The second kappa shape index (κ2) is 8.66. The van der Waals surface area contributed by atoms with Gasteiger partial charge in [0.15, 0.2) is 10.1 Å². The van der Waals surface area contributed by atoms with Gasteiger partial charge >= 0.3 is 104 Å². The van der Waals surface area contributed by atoms with E-state index in [1.54, 1.807) is 0 Å². The molecular weight excluding hydrogens is 588 g/mol. The first-order valence-electron chi connectivity index (χ1n) is 6.29. The fourth-order valence-electron chi connectivity index (χ4n) is 1.50. The van der Waals surface area contributed by atoms with E-state index in [1.165, 1.54) is 0 Å². The molecule has 0 unspecified atom stereocenters. The van der Waals surface area contributed by atoms with Crippen molar-refractivity contribution in [2.24, 2.45) is 0 Å². The van der Waals surface area contributed by atoms with Gasteiger partial charge in [-0.1, -0.05) is 0 Å². The molecule has 0 aliphatic carbocycles. The van der Waals surface area contributed by atoms with Crippen LogP contribution < -0.4 is 51.4 Å². The Balaban J connectivity index is 0. The Labute approximate surface area is 209 Å². The molecule has 0 aliphatic heterocycles. The number of alkyl halides is 19. The second-order valence-corrected chi connectivity index (χ2v) is 6.91. The van der Waals surface area contributed by atoms with Crippen molar-refractivity contribution in [3.63, 3.8) is 0 Å². The van der Waals surface area contributed by atoms with Crippen LogP contribution in [0.5, 0.6) is 0 Å². The number of hydrogen-bond acceptors (Lipinski definition) is 3. The Bertz CT molecular complexity index is 828. The molecule has 0 amide bonds. The van der Waals surface area contributed by atoms with E-state index in [0.29, 0.717) is 0 Å². The van der Waals surface area contributed by atoms with Crippen LogP contribution in [0.1, 0.15) is 0 Å². The van der Waals surface area contributed by atoms with Gasteiger partial charge in [-0.05, 0) is 0 Å². The molecule has 0 bridgehead atoms. The Morgan fingerprint density at radius 2 is 0.576 bits per heavy atom. The van der Waals surface area contributed by atoms with Crippen molar-refractivity contribution in [1.29, 1.82) is 0 Å². The summed E-state index contributed by atoms with van der Waals surface area (Å²) in [6.07, 6.45) is -8.00. The van der Waals surface area contributed by atoms with Gasteiger partial charge in [-0.25, -0.2) is 8.42 Å². The first kappa shape index (κ1) is 35.4. The third-order valence-electron chi connectivity index (χ3n) is 3.40. The van der Waals surface area contributed by atoms with Gasteiger partial charge in [-0.3, -0.25) is 0 Å². The minimum absolute atomic E-state index is 0. The second-order valence-electron chi connectivity index (χ2n) is 5.49. The molecule has 0 radical (unpaired) electrons. The molecule has 3 nitrogen and oxygen atoms in total. The van der Waals surface area contributed by atoms with Crippen LogP contribution in [-0.4, -0.2) is 65.9 Å². The SMILES string of the molecule is O=S(=O)([O-])C(F)(F)C(F)(F)C(F)(F)C(F)(F)C(F)(F)C(F)(F)C(F)(F)C(F)(F)C(F)(F)F.[K+]. The smallest absolute Gasteiger partial charge is 0.743 e. The van der Waals surface area contributed by atoms with Crippen molar-refractivity contribution in [3.8, 4) is 0 Å². The maximum atomic E-state index is 13.2. The molecule has 0 N–H and O–H groups in total. The van der Waals surface area contributed by atoms with E-state index in [1.807, 2.05) is 0 Å². The number of halogens is 19. The Kier molecular flexibility index (Phi) is 9.28. The summed E-state index contributed by atoms with van der Waals surface area (Å²) < 4.78 is 272. The van der Waals surface area contributed by atoms with E-state index in [2.05, 4.69) is 0 Å². The molecule has 194 valence electrons. The molecule has 0 rings (SSSR count). The minimum Gasteiger partial charge on any atom is -0.743 e. The van der Waals surface area contributed by atoms with Crippen molar-refractivity contribution < 1.29 is 148 Å². The van der Waals surface area contributed by atoms with Crippen LogP contribution in [-0.2, 0) is 10.1 Å². The molecule has 0 heterocycles. The van der Waals surface area contributed by atoms with Gasteiger partial charge in [0, 0.05) is 0 Å². The van der Waals surface area contributed by atoms with Crippen molar-refractivity contribution in [2.45, 2.75) is 52.9 Å². The normalized spacial score (nSPS) is 16.5. The van der Waals surface area contributed by atoms with Gasteiger partial charge < -0.3 is 4.55 Å².